The number of amides is 1. The van der Waals surface area contributed by atoms with Gasteiger partial charge in [0.15, 0.2) is 0 Å². The molecule has 1 aromatic carbocycles. The third-order valence-electron chi connectivity index (χ3n) is 2.29. The van der Waals surface area contributed by atoms with Gasteiger partial charge >= 0.3 is 5.97 Å². The van der Waals surface area contributed by atoms with Gasteiger partial charge in [-0.25, -0.2) is 9.86 Å². The Bertz CT molecular complexity index is 485. The van der Waals surface area contributed by atoms with Gasteiger partial charge in [0.25, 0.3) is 5.91 Å². The lowest BCUT2D eigenvalue weighted by Crippen LogP contribution is -2.32. The Morgan fingerprint density at radius 1 is 1.26 bits per heavy atom. The SMILES string of the molecule is CON(Cc1ccc(Cl)cc1)C(=O)CC(=O)C(=O)O. The van der Waals surface area contributed by atoms with E-state index in [0.717, 1.165) is 10.6 Å². The summed E-state index contributed by atoms with van der Waals surface area (Å²) in [5.74, 6) is -3.54. The molecule has 1 aromatic rings. The Balaban J connectivity index is 2.67. The number of rotatable bonds is 6. The third-order valence-corrected chi connectivity index (χ3v) is 2.54. The molecule has 0 atom stereocenters. The minimum atomic E-state index is -1.64. The van der Waals surface area contributed by atoms with Crippen LogP contribution < -0.4 is 0 Å². The highest BCUT2D eigenvalue weighted by molar-refractivity contribution is 6.36. The van der Waals surface area contributed by atoms with Crippen LogP contribution in [0.2, 0.25) is 5.02 Å². The molecular weight excluding hydrogens is 274 g/mol. The number of Topliss-reactive ketones (excluding diaryl/α,β-unsaturated/α-hetero) is 1. The first kappa shape index (κ1) is 15.1. The minimum Gasteiger partial charge on any atom is -0.475 e. The van der Waals surface area contributed by atoms with Crippen molar-refractivity contribution in [3.05, 3.63) is 34.9 Å². The van der Waals surface area contributed by atoms with Crippen LogP contribution in [0.15, 0.2) is 24.3 Å². The second kappa shape index (κ2) is 6.86. The lowest BCUT2D eigenvalue weighted by atomic mass is 10.2. The summed E-state index contributed by atoms with van der Waals surface area (Å²) in [5.41, 5.74) is 0.738. The van der Waals surface area contributed by atoms with Crippen LogP contribution in [-0.2, 0) is 25.8 Å². The molecule has 0 heterocycles. The number of hydrogen-bond acceptors (Lipinski definition) is 4. The van der Waals surface area contributed by atoms with Crippen LogP contribution in [0.1, 0.15) is 12.0 Å². The Hall–Kier alpha value is -1.92. The molecule has 0 bridgehead atoms. The standard InChI is InChI=1S/C12H12ClNO5/c1-19-14(11(16)6-10(15)12(17)18)7-8-2-4-9(13)5-3-8/h2-5H,6-7H2,1H3,(H,17,18). The topological polar surface area (TPSA) is 83.9 Å². The fourth-order valence-electron chi connectivity index (χ4n) is 1.31. The number of hydroxylamine groups is 2. The zero-order chi connectivity index (χ0) is 14.4. The molecule has 0 saturated carbocycles. The number of carboxylic acid groups (broad SMARTS) is 1. The highest BCUT2D eigenvalue weighted by Gasteiger charge is 2.21. The molecule has 1 N–H and O–H groups in total. The van der Waals surface area contributed by atoms with Gasteiger partial charge in [-0.15, -0.1) is 0 Å². The zero-order valence-electron chi connectivity index (χ0n) is 10.1. The van der Waals surface area contributed by atoms with Crippen LogP contribution in [0.4, 0.5) is 0 Å². The Labute approximate surface area is 114 Å². The van der Waals surface area contributed by atoms with Gasteiger partial charge in [-0.2, -0.15) is 0 Å². The van der Waals surface area contributed by atoms with Gasteiger partial charge in [0, 0.05) is 5.02 Å². The van der Waals surface area contributed by atoms with E-state index in [2.05, 4.69) is 0 Å². The molecule has 0 saturated heterocycles. The fourth-order valence-corrected chi connectivity index (χ4v) is 1.44. The second-order valence-corrected chi connectivity index (χ2v) is 4.08. The largest absolute Gasteiger partial charge is 0.475 e. The number of nitrogens with zero attached hydrogens (tertiary/aromatic N) is 1. The number of carbonyl (C=O) groups excluding carboxylic acids is 2. The van der Waals surface area contributed by atoms with E-state index in [0.29, 0.717) is 5.02 Å². The van der Waals surface area contributed by atoms with Gasteiger partial charge < -0.3 is 5.11 Å². The van der Waals surface area contributed by atoms with E-state index in [-0.39, 0.29) is 6.54 Å². The first-order valence-corrected chi connectivity index (χ1v) is 5.67. The maximum atomic E-state index is 11.7. The van der Waals surface area contributed by atoms with Crippen molar-refractivity contribution < 1.29 is 24.3 Å². The molecule has 0 aliphatic carbocycles. The van der Waals surface area contributed by atoms with Gasteiger partial charge in [-0.3, -0.25) is 14.4 Å². The number of aliphatic carboxylic acids is 1. The van der Waals surface area contributed by atoms with Crippen molar-refractivity contribution in [3.8, 4) is 0 Å². The molecule has 0 aliphatic heterocycles. The summed E-state index contributed by atoms with van der Waals surface area (Å²) in [7, 11) is 1.26. The number of hydrogen-bond donors (Lipinski definition) is 1. The third kappa shape index (κ3) is 4.69. The van der Waals surface area contributed by atoms with E-state index in [1.165, 1.54) is 7.11 Å². The zero-order valence-corrected chi connectivity index (χ0v) is 10.9. The van der Waals surface area contributed by atoms with Crippen molar-refractivity contribution in [2.75, 3.05) is 7.11 Å². The van der Waals surface area contributed by atoms with Crippen LogP contribution in [0.5, 0.6) is 0 Å². The molecule has 7 heteroatoms. The van der Waals surface area contributed by atoms with Crippen molar-refractivity contribution in [2.45, 2.75) is 13.0 Å². The molecule has 0 aromatic heterocycles. The lowest BCUT2D eigenvalue weighted by molar-refractivity contribution is -0.180. The number of ketones is 1. The molecule has 19 heavy (non-hydrogen) atoms. The number of halogens is 1. The molecule has 0 aliphatic rings. The predicted molar refractivity (Wildman–Crippen MR) is 66.3 cm³/mol. The highest BCUT2D eigenvalue weighted by Crippen LogP contribution is 2.12. The minimum absolute atomic E-state index is 0.0966. The number of carbonyl (C=O) groups is 3. The molecule has 0 radical (unpaired) electrons. The average Bonchev–Trinajstić information content (AvgIpc) is 2.37. The Morgan fingerprint density at radius 3 is 2.32 bits per heavy atom. The number of carboxylic acids is 1. The quantitative estimate of drug-likeness (QED) is 0.483. The van der Waals surface area contributed by atoms with Crippen molar-refractivity contribution in [2.24, 2.45) is 0 Å². The summed E-state index contributed by atoms with van der Waals surface area (Å²) in [5, 5.41) is 9.91. The summed E-state index contributed by atoms with van der Waals surface area (Å²) in [6, 6.07) is 6.69. The maximum Gasteiger partial charge on any atom is 0.372 e. The van der Waals surface area contributed by atoms with Gasteiger partial charge in [0.1, 0.15) is 0 Å². The fraction of sp³-hybridized carbons (Fsp3) is 0.250. The predicted octanol–water partition coefficient (Wildman–Crippen LogP) is 1.27. The van der Waals surface area contributed by atoms with Crippen LogP contribution in [-0.4, -0.2) is 34.9 Å². The first-order valence-electron chi connectivity index (χ1n) is 5.29. The molecule has 102 valence electrons. The first-order chi connectivity index (χ1) is 8.93. The van der Waals surface area contributed by atoms with E-state index in [1.807, 2.05) is 0 Å². The monoisotopic (exact) mass is 285 g/mol. The summed E-state index contributed by atoms with van der Waals surface area (Å²) in [4.78, 5) is 37.8. The van der Waals surface area contributed by atoms with Crippen LogP contribution in [0.3, 0.4) is 0 Å². The van der Waals surface area contributed by atoms with Gasteiger partial charge in [0.05, 0.1) is 20.1 Å². The van der Waals surface area contributed by atoms with Crippen molar-refractivity contribution in [3.63, 3.8) is 0 Å². The average molecular weight is 286 g/mol. The van der Waals surface area contributed by atoms with Crippen molar-refractivity contribution in [1.82, 2.24) is 5.06 Å². The Kier molecular flexibility index (Phi) is 5.47. The number of benzene rings is 1. The molecule has 0 unspecified atom stereocenters. The molecular formula is C12H12ClNO5. The van der Waals surface area contributed by atoms with Gasteiger partial charge in [-0.1, -0.05) is 23.7 Å². The summed E-state index contributed by atoms with van der Waals surface area (Å²) < 4.78 is 0. The van der Waals surface area contributed by atoms with Crippen molar-refractivity contribution >= 4 is 29.3 Å². The van der Waals surface area contributed by atoms with Gasteiger partial charge in [-0.05, 0) is 17.7 Å². The maximum absolute atomic E-state index is 11.7. The summed E-state index contributed by atoms with van der Waals surface area (Å²) in [6.45, 7) is 0.0966. The molecule has 0 fully saturated rings. The van der Waals surface area contributed by atoms with E-state index in [1.54, 1.807) is 24.3 Å². The van der Waals surface area contributed by atoms with Crippen LogP contribution in [0.25, 0.3) is 0 Å². The Morgan fingerprint density at radius 2 is 1.84 bits per heavy atom. The molecule has 1 amide bonds. The smallest absolute Gasteiger partial charge is 0.372 e. The molecule has 6 nitrogen and oxygen atoms in total. The molecule has 0 spiro atoms. The normalized spacial score (nSPS) is 10.0. The van der Waals surface area contributed by atoms with E-state index >= 15 is 0 Å². The lowest BCUT2D eigenvalue weighted by Gasteiger charge is -2.19. The van der Waals surface area contributed by atoms with E-state index < -0.39 is 24.1 Å². The van der Waals surface area contributed by atoms with Crippen LogP contribution in [0, 0.1) is 0 Å². The highest BCUT2D eigenvalue weighted by atomic mass is 35.5. The van der Waals surface area contributed by atoms with E-state index in [4.69, 9.17) is 21.5 Å². The van der Waals surface area contributed by atoms with Gasteiger partial charge in [0.2, 0.25) is 5.78 Å². The molecule has 1 rings (SSSR count). The second-order valence-electron chi connectivity index (χ2n) is 3.64. The summed E-state index contributed by atoms with van der Waals surface area (Å²) in [6.07, 6.45) is -0.739. The van der Waals surface area contributed by atoms with E-state index in [9.17, 15) is 14.4 Å². The van der Waals surface area contributed by atoms with Crippen molar-refractivity contribution in [1.29, 1.82) is 0 Å². The van der Waals surface area contributed by atoms with Crippen LogP contribution >= 0.6 is 11.6 Å². The summed E-state index contributed by atoms with van der Waals surface area (Å²) >= 11 is 5.73.